The molecule has 1 aromatic carbocycles. The van der Waals surface area contributed by atoms with E-state index in [4.69, 9.17) is 0 Å². The monoisotopic (exact) mass is 405 g/mol. The van der Waals surface area contributed by atoms with Crippen molar-refractivity contribution >= 4 is 21.6 Å². The van der Waals surface area contributed by atoms with Crippen molar-refractivity contribution < 1.29 is 0 Å². The van der Waals surface area contributed by atoms with E-state index in [1.807, 2.05) is 0 Å². The third-order valence-electron chi connectivity index (χ3n) is 4.54. The van der Waals surface area contributed by atoms with Crippen molar-refractivity contribution in [1.82, 2.24) is 19.6 Å². The van der Waals surface area contributed by atoms with E-state index in [1.54, 1.807) is 13.2 Å². The molecule has 0 aliphatic carbocycles. The van der Waals surface area contributed by atoms with Gasteiger partial charge in [-0.15, -0.1) is 0 Å². The summed E-state index contributed by atoms with van der Waals surface area (Å²) in [7, 11) is 1.64. The Bertz CT molecular complexity index is 741. The van der Waals surface area contributed by atoms with Gasteiger partial charge in [-0.2, -0.15) is 5.10 Å². The van der Waals surface area contributed by atoms with Gasteiger partial charge in [0.1, 0.15) is 4.47 Å². The van der Waals surface area contributed by atoms with Gasteiger partial charge in [-0.05, 0) is 21.5 Å². The Morgan fingerprint density at radius 3 is 2.52 bits per heavy atom. The second kappa shape index (κ2) is 8.60. The molecule has 3 rings (SSSR count). The van der Waals surface area contributed by atoms with Crippen LogP contribution in [-0.4, -0.2) is 58.8 Å². The van der Waals surface area contributed by atoms with Gasteiger partial charge in [0.15, 0.2) is 0 Å². The molecule has 0 atom stereocenters. The number of hydrogen-bond donors (Lipinski definition) is 1. The first kappa shape index (κ1) is 18.1. The number of hydrogen-bond acceptors (Lipinski definition) is 5. The average molecular weight is 406 g/mol. The molecule has 1 aliphatic rings. The minimum absolute atomic E-state index is 0.125. The van der Waals surface area contributed by atoms with Crippen molar-refractivity contribution in [2.75, 3.05) is 44.6 Å². The minimum atomic E-state index is -0.125. The number of nitrogens with zero attached hydrogens (tertiary/aromatic N) is 4. The van der Waals surface area contributed by atoms with Crippen molar-refractivity contribution in [1.29, 1.82) is 0 Å². The zero-order chi connectivity index (χ0) is 17.6. The van der Waals surface area contributed by atoms with E-state index in [9.17, 15) is 4.79 Å². The number of halogens is 1. The topological polar surface area (TPSA) is 53.4 Å². The van der Waals surface area contributed by atoms with Gasteiger partial charge in [-0.25, -0.2) is 4.68 Å². The quantitative estimate of drug-likeness (QED) is 0.793. The van der Waals surface area contributed by atoms with E-state index >= 15 is 0 Å². The number of nitrogens with one attached hydrogen (secondary N) is 1. The van der Waals surface area contributed by atoms with Gasteiger partial charge in [-0.3, -0.25) is 14.6 Å². The van der Waals surface area contributed by atoms with Crippen LogP contribution in [0.1, 0.15) is 5.56 Å². The zero-order valence-corrected chi connectivity index (χ0v) is 16.1. The fraction of sp³-hybridized carbons (Fsp3) is 0.444. The fourth-order valence-electron chi connectivity index (χ4n) is 3.00. The van der Waals surface area contributed by atoms with Crippen molar-refractivity contribution in [2.45, 2.75) is 6.54 Å². The molecule has 0 radical (unpaired) electrons. The predicted octanol–water partition coefficient (Wildman–Crippen LogP) is 1.77. The van der Waals surface area contributed by atoms with E-state index in [-0.39, 0.29) is 5.56 Å². The smallest absolute Gasteiger partial charge is 0.282 e. The van der Waals surface area contributed by atoms with Crippen molar-refractivity contribution in [3.05, 3.63) is 56.9 Å². The van der Waals surface area contributed by atoms with Crippen LogP contribution in [0.3, 0.4) is 0 Å². The highest BCUT2D eigenvalue weighted by Gasteiger charge is 2.16. The molecule has 0 spiro atoms. The highest BCUT2D eigenvalue weighted by molar-refractivity contribution is 9.10. The molecule has 1 fully saturated rings. The SMILES string of the molecule is Cn1ncc(NCCN2CCN(Cc3ccccc3)CC2)c(Br)c1=O. The lowest BCUT2D eigenvalue weighted by Crippen LogP contribution is -2.47. The fourth-order valence-corrected chi connectivity index (χ4v) is 3.49. The molecular formula is C18H24BrN5O. The molecule has 0 saturated carbocycles. The maximum Gasteiger partial charge on any atom is 0.282 e. The van der Waals surface area contributed by atoms with Gasteiger partial charge >= 0.3 is 0 Å². The first-order chi connectivity index (χ1) is 12.1. The van der Waals surface area contributed by atoms with Crippen LogP contribution in [0.15, 0.2) is 45.8 Å². The summed E-state index contributed by atoms with van der Waals surface area (Å²) >= 11 is 3.34. The molecule has 2 aromatic rings. The van der Waals surface area contributed by atoms with Gasteiger partial charge in [0, 0.05) is 52.9 Å². The summed E-state index contributed by atoms with van der Waals surface area (Å²) in [6, 6.07) is 10.6. The van der Waals surface area contributed by atoms with Crippen molar-refractivity contribution in [2.24, 2.45) is 7.05 Å². The van der Waals surface area contributed by atoms with Crippen LogP contribution >= 0.6 is 15.9 Å². The molecule has 7 heteroatoms. The number of rotatable bonds is 6. The molecule has 1 N–H and O–H groups in total. The number of anilines is 1. The molecule has 1 aliphatic heterocycles. The summed E-state index contributed by atoms with van der Waals surface area (Å²) in [5, 5.41) is 7.35. The highest BCUT2D eigenvalue weighted by atomic mass is 79.9. The average Bonchev–Trinajstić information content (AvgIpc) is 2.64. The Morgan fingerprint density at radius 2 is 1.80 bits per heavy atom. The first-order valence-corrected chi connectivity index (χ1v) is 9.37. The molecule has 25 heavy (non-hydrogen) atoms. The second-order valence-electron chi connectivity index (χ2n) is 6.33. The Morgan fingerprint density at radius 1 is 1.12 bits per heavy atom. The maximum atomic E-state index is 11.8. The highest BCUT2D eigenvalue weighted by Crippen LogP contribution is 2.15. The summed E-state index contributed by atoms with van der Waals surface area (Å²) in [4.78, 5) is 16.8. The normalized spacial score (nSPS) is 16.1. The third kappa shape index (κ3) is 4.90. The van der Waals surface area contributed by atoms with Crippen LogP contribution in [0.5, 0.6) is 0 Å². The minimum Gasteiger partial charge on any atom is -0.381 e. The van der Waals surface area contributed by atoms with E-state index in [0.717, 1.165) is 51.5 Å². The Balaban J connectivity index is 1.41. The van der Waals surface area contributed by atoms with Gasteiger partial charge < -0.3 is 5.32 Å². The Labute approximate surface area is 156 Å². The van der Waals surface area contributed by atoms with Crippen LogP contribution in [0.4, 0.5) is 5.69 Å². The van der Waals surface area contributed by atoms with Gasteiger partial charge in [-0.1, -0.05) is 30.3 Å². The van der Waals surface area contributed by atoms with E-state index in [1.165, 1.54) is 10.2 Å². The van der Waals surface area contributed by atoms with Crippen LogP contribution in [0, 0.1) is 0 Å². The lowest BCUT2D eigenvalue weighted by molar-refractivity contribution is 0.130. The number of piperazine rings is 1. The molecule has 134 valence electrons. The van der Waals surface area contributed by atoms with E-state index in [0.29, 0.717) is 4.47 Å². The summed E-state index contributed by atoms with van der Waals surface area (Å²) in [6.07, 6.45) is 1.68. The lowest BCUT2D eigenvalue weighted by atomic mass is 10.2. The number of benzene rings is 1. The number of aromatic nitrogens is 2. The van der Waals surface area contributed by atoms with E-state index < -0.39 is 0 Å². The zero-order valence-electron chi connectivity index (χ0n) is 14.5. The van der Waals surface area contributed by atoms with Gasteiger partial charge in [0.05, 0.1) is 11.9 Å². The van der Waals surface area contributed by atoms with Crippen LogP contribution < -0.4 is 10.9 Å². The van der Waals surface area contributed by atoms with Gasteiger partial charge in [0.25, 0.3) is 5.56 Å². The Kier molecular flexibility index (Phi) is 6.23. The first-order valence-electron chi connectivity index (χ1n) is 8.58. The lowest BCUT2D eigenvalue weighted by Gasteiger charge is -2.34. The third-order valence-corrected chi connectivity index (χ3v) is 5.30. The van der Waals surface area contributed by atoms with Gasteiger partial charge in [0.2, 0.25) is 0 Å². The van der Waals surface area contributed by atoms with E-state index in [2.05, 4.69) is 66.5 Å². The number of aryl methyl sites for hydroxylation is 1. The molecule has 0 unspecified atom stereocenters. The molecular weight excluding hydrogens is 382 g/mol. The largest absolute Gasteiger partial charge is 0.381 e. The second-order valence-corrected chi connectivity index (χ2v) is 7.12. The predicted molar refractivity (Wildman–Crippen MR) is 104 cm³/mol. The molecule has 2 heterocycles. The van der Waals surface area contributed by atoms with Crippen LogP contribution in [0.25, 0.3) is 0 Å². The van der Waals surface area contributed by atoms with Crippen LogP contribution in [-0.2, 0) is 13.6 Å². The maximum absolute atomic E-state index is 11.8. The molecule has 6 nitrogen and oxygen atoms in total. The summed E-state index contributed by atoms with van der Waals surface area (Å²) in [5.74, 6) is 0. The summed E-state index contributed by atoms with van der Waals surface area (Å²) in [5.41, 5.74) is 2.01. The Hall–Kier alpha value is -1.70. The summed E-state index contributed by atoms with van der Waals surface area (Å²) < 4.78 is 1.86. The van der Waals surface area contributed by atoms with Crippen molar-refractivity contribution in [3.8, 4) is 0 Å². The molecule has 0 amide bonds. The standard InChI is InChI=1S/C18H24BrN5O/c1-22-18(25)17(19)16(13-21-22)20-7-8-23-9-11-24(12-10-23)14-15-5-3-2-4-6-15/h2-6,13,20H,7-12,14H2,1H3. The molecule has 1 aromatic heterocycles. The molecule has 0 bridgehead atoms. The summed E-state index contributed by atoms with van der Waals surface area (Å²) in [6.45, 7) is 7.11. The molecule has 1 saturated heterocycles. The van der Waals surface area contributed by atoms with Crippen molar-refractivity contribution in [3.63, 3.8) is 0 Å². The van der Waals surface area contributed by atoms with Crippen LogP contribution in [0.2, 0.25) is 0 Å².